The molecule has 3 rings (SSSR count). The number of benzene rings is 1. The number of nitrogens with one attached hydrogen (secondary N) is 2. The summed E-state index contributed by atoms with van der Waals surface area (Å²) in [4.78, 5) is 38.3. The molecule has 7 nitrogen and oxygen atoms in total. The number of carbonyl (C=O) groups is 3. The summed E-state index contributed by atoms with van der Waals surface area (Å²) in [5, 5.41) is 5.49. The van der Waals surface area contributed by atoms with E-state index >= 15 is 0 Å². The molecule has 3 amide bonds. The predicted molar refractivity (Wildman–Crippen MR) is 108 cm³/mol. The van der Waals surface area contributed by atoms with Crippen molar-refractivity contribution in [1.29, 1.82) is 0 Å². The highest BCUT2D eigenvalue weighted by Gasteiger charge is 2.34. The van der Waals surface area contributed by atoms with Crippen LogP contribution in [0.2, 0.25) is 0 Å². The van der Waals surface area contributed by atoms with Gasteiger partial charge >= 0.3 is 6.09 Å². The smallest absolute Gasteiger partial charge is 0.409 e. The Bertz CT molecular complexity index is 738. The number of carbonyl (C=O) groups excluding carboxylic acids is 3. The molecule has 1 aromatic rings. The highest BCUT2D eigenvalue weighted by Crippen LogP contribution is 2.22. The van der Waals surface area contributed by atoms with Gasteiger partial charge in [-0.2, -0.15) is 0 Å². The van der Waals surface area contributed by atoms with Gasteiger partial charge in [-0.25, -0.2) is 9.18 Å². The molecule has 2 heterocycles. The molecule has 2 fully saturated rings. The van der Waals surface area contributed by atoms with Gasteiger partial charge in [-0.15, -0.1) is 11.8 Å². The Balaban J connectivity index is 1.43. The lowest BCUT2D eigenvalue weighted by Gasteiger charge is -2.33. The molecule has 2 aliphatic heterocycles. The zero-order valence-electron chi connectivity index (χ0n) is 16.4. The Morgan fingerprint density at radius 2 is 1.97 bits per heavy atom. The number of ether oxygens (including phenoxy) is 1. The maximum atomic E-state index is 13.0. The van der Waals surface area contributed by atoms with Crippen LogP contribution in [0, 0.1) is 5.82 Å². The monoisotopic (exact) mass is 423 g/mol. The second-order valence-corrected chi connectivity index (χ2v) is 8.42. The molecule has 0 unspecified atom stereocenters. The highest BCUT2D eigenvalue weighted by molar-refractivity contribution is 8.00. The van der Waals surface area contributed by atoms with E-state index in [2.05, 4.69) is 10.6 Å². The number of piperidine rings is 1. The number of nitrogens with zero attached hydrogens (tertiary/aromatic N) is 1. The molecular weight excluding hydrogens is 397 g/mol. The van der Waals surface area contributed by atoms with Crippen LogP contribution in [-0.2, 0) is 20.7 Å². The topological polar surface area (TPSA) is 87.7 Å². The minimum atomic E-state index is -0.569. The first-order valence-electron chi connectivity index (χ1n) is 9.84. The average Bonchev–Trinajstić information content (AvgIpc) is 2.71. The van der Waals surface area contributed by atoms with Gasteiger partial charge in [-0.1, -0.05) is 12.1 Å². The number of amides is 3. The summed E-state index contributed by atoms with van der Waals surface area (Å²) in [7, 11) is 0. The molecule has 0 aliphatic carbocycles. The van der Waals surface area contributed by atoms with E-state index in [1.807, 2.05) is 0 Å². The average molecular weight is 424 g/mol. The molecule has 1 aromatic carbocycles. The summed E-state index contributed by atoms with van der Waals surface area (Å²) in [5.74, 6) is -0.187. The predicted octanol–water partition coefficient (Wildman–Crippen LogP) is 1.71. The molecule has 2 saturated heterocycles. The quantitative estimate of drug-likeness (QED) is 0.753. The van der Waals surface area contributed by atoms with Crippen molar-refractivity contribution in [2.24, 2.45) is 0 Å². The number of halogens is 1. The third-order valence-electron chi connectivity index (χ3n) is 5.09. The van der Waals surface area contributed by atoms with Crippen LogP contribution in [0.1, 0.15) is 25.3 Å². The van der Waals surface area contributed by atoms with Gasteiger partial charge in [0.1, 0.15) is 11.9 Å². The van der Waals surface area contributed by atoms with Gasteiger partial charge in [0.25, 0.3) is 0 Å². The van der Waals surface area contributed by atoms with Crippen LogP contribution >= 0.6 is 11.8 Å². The number of likely N-dealkylation sites (tertiary alicyclic amines) is 1. The van der Waals surface area contributed by atoms with E-state index in [9.17, 15) is 18.8 Å². The van der Waals surface area contributed by atoms with Crippen LogP contribution in [0.4, 0.5) is 9.18 Å². The maximum Gasteiger partial charge on any atom is 0.409 e. The maximum absolute atomic E-state index is 13.0. The van der Waals surface area contributed by atoms with Gasteiger partial charge in [0.2, 0.25) is 11.8 Å². The normalized spacial score (nSPS) is 22.7. The van der Waals surface area contributed by atoms with Crippen LogP contribution in [0.5, 0.6) is 0 Å². The lowest BCUT2D eigenvalue weighted by Crippen LogP contribution is -2.57. The largest absolute Gasteiger partial charge is 0.450 e. The van der Waals surface area contributed by atoms with E-state index in [-0.39, 0.29) is 35.0 Å². The van der Waals surface area contributed by atoms with Crippen molar-refractivity contribution in [2.45, 2.75) is 43.5 Å². The van der Waals surface area contributed by atoms with E-state index in [4.69, 9.17) is 4.74 Å². The van der Waals surface area contributed by atoms with Crippen molar-refractivity contribution in [3.05, 3.63) is 35.6 Å². The number of thioether (sulfide) groups is 1. The van der Waals surface area contributed by atoms with Gasteiger partial charge in [0, 0.05) is 24.9 Å². The van der Waals surface area contributed by atoms with Gasteiger partial charge in [0.15, 0.2) is 0 Å². The van der Waals surface area contributed by atoms with Crippen LogP contribution < -0.4 is 10.6 Å². The second kappa shape index (κ2) is 9.96. The molecule has 0 spiro atoms. The van der Waals surface area contributed by atoms with Crippen LogP contribution in [0.3, 0.4) is 0 Å². The molecule has 2 N–H and O–H groups in total. The standard InChI is InChI=1S/C20H26FN3O4S/c1-2-28-20(27)24-9-7-15(8-10-24)22-18(25)16-12-29-17(19(26)23-16)11-13-3-5-14(21)6-4-13/h3-6,15-17H,2,7-12H2,1H3,(H,22,25)(H,23,26)/t16-,17+/m1/s1. The molecular formula is C20H26FN3O4S. The highest BCUT2D eigenvalue weighted by atomic mass is 32.2. The van der Waals surface area contributed by atoms with Crippen molar-refractivity contribution >= 4 is 29.7 Å². The summed E-state index contributed by atoms with van der Waals surface area (Å²) < 4.78 is 18.0. The SMILES string of the molecule is CCOC(=O)N1CCC(NC(=O)[C@H]2CS[C@@H](Cc3ccc(F)cc3)C(=O)N2)CC1. The molecule has 0 radical (unpaired) electrons. The first-order valence-corrected chi connectivity index (χ1v) is 10.9. The molecule has 158 valence electrons. The Morgan fingerprint density at radius 3 is 2.59 bits per heavy atom. The molecule has 0 bridgehead atoms. The Hall–Kier alpha value is -2.29. The molecule has 29 heavy (non-hydrogen) atoms. The van der Waals surface area contributed by atoms with E-state index in [0.29, 0.717) is 44.7 Å². The zero-order chi connectivity index (χ0) is 20.8. The second-order valence-electron chi connectivity index (χ2n) is 7.18. The third kappa shape index (κ3) is 5.85. The summed E-state index contributed by atoms with van der Waals surface area (Å²) in [6.45, 7) is 3.19. The minimum Gasteiger partial charge on any atom is -0.450 e. The third-order valence-corrected chi connectivity index (χ3v) is 6.40. The lowest BCUT2D eigenvalue weighted by atomic mass is 10.0. The summed E-state index contributed by atoms with van der Waals surface area (Å²) in [6, 6.07) is 5.51. The van der Waals surface area contributed by atoms with Gasteiger partial charge in [-0.3, -0.25) is 9.59 Å². The van der Waals surface area contributed by atoms with E-state index < -0.39 is 6.04 Å². The van der Waals surface area contributed by atoms with Gasteiger partial charge in [-0.05, 0) is 43.9 Å². The van der Waals surface area contributed by atoms with Crippen LogP contribution in [0.25, 0.3) is 0 Å². The molecule has 2 aliphatic rings. The first-order chi connectivity index (χ1) is 14.0. The van der Waals surface area contributed by atoms with E-state index in [0.717, 1.165) is 5.56 Å². The Kier molecular flexibility index (Phi) is 7.35. The molecule has 9 heteroatoms. The fraction of sp³-hybridized carbons (Fsp3) is 0.550. The fourth-order valence-corrected chi connectivity index (χ4v) is 4.63. The Morgan fingerprint density at radius 1 is 1.28 bits per heavy atom. The van der Waals surface area contributed by atoms with Crippen molar-refractivity contribution in [2.75, 3.05) is 25.4 Å². The van der Waals surface area contributed by atoms with Crippen molar-refractivity contribution in [1.82, 2.24) is 15.5 Å². The molecule has 2 atom stereocenters. The summed E-state index contributed by atoms with van der Waals surface area (Å²) in [6.07, 6.45) is 1.49. The number of hydrogen-bond acceptors (Lipinski definition) is 5. The van der Waals surface area contributed by atoms with Crippen molar-refractivity contribution < 1.29 is 23.5 Å². The van der Waals surface area contributed by atoms with E-state index in [1.165, 1.54) is 23.9 Å². The molecule has 0 aromatic heterocycles. The minimum absolute atomic E-state index is 0.0213. The fourth-order valence-electron chi connectivity index (χ4n) is 3.44. The molecule has 0 saturated carbocycles. The first kappa shape index (κ1) is 21.4. The summed E-state index contributed by atoms with van der Waals surface area (Å²) >= 11 is 1.44. The van der Waals surface area contributed by atoms with Gasteiger partial charge in [0.05, 0.1) is 11.9 Å². The number of rotatable bonds is 5. The van der Waals surface area contributed by atoms with E-state index in [1.54, 1.807) is 24.0 Å². The van der Waals surface area contributed by atoms with Crippen molar-refractivity contribution in [3.63, 3.8) is 0 Å². The van der Waals surface area contributed by atoms with Crippen LogP contribution in [-0.4, -0.2) is 65.6 Å². The Labute approximate surface area is 173 Å². The number of hydrogen-bond donors (Lipinski definition) is 2. The van der Waals surface area contributed by atoms with Crippen molar-refractivity contribution in [3.8, 4) is 0 Å². The zero-order valence-corrected chi connectivity index (χ0v) is 17.2. The summed E-state index contributed by atoms with van der Waals surface area (Å²) in [5.41, 5.74) is 0.885. The van der Waals surface area contributed by atoms with Crippen LogP contribution in [0.15, 0.2) is 24.3 Å². The van der Waals surface area contributed by atoms with Gasteiger partial charge < -0.3 is 20.3 Å². The lowest BCUT2D eigenvalue weighted by molar-refractivity contribution is -0.129.